The third-order valence-electron chi connectivity index (χ3n) is 22.4. The minimum absolute atomic E-state index is 0.0115. The van der Waals surface area contributed by atoms with Gasteiger partial charge in [0, 0.05) is 106 Å². The molecule has 14 aromatic rings. The molecule has 139 heavy (non-hydrogen) atoms. The van der Waals surface area contributed by atoms with Gasteiger partial charge >= 0.3 is 24.2 Å². The average molecular weight is 1940 g/mol. The van der Waals surface area contributed by atoms with Crippen LogP contribution in [0.2, 0.25) is 0 Å². The van der Waals surface area contributed by atoms with Crippen LogP contribution in [-0.4, -0.2) is 169 Å². The van der Waals surface area contributed by atoms with Crippen LogP contribution in [0, 0.1) is 37.3 Å². The number of hydrogen-bond donors (Lipinski definition) is 11. The van der Waals surface area contributed by atoms with Gasteiger partial charge in [0.25, 0.3) is 5.56 Å². The number of anilines is 2. The van der Waals surface area contributed by atoms with E-state index in [1.54, 1.807) is 80.8 Å². The monoisotopic (exact) mass is 1930 g/mol. The number of azo groups is 1. The fraction of sp³-hybridized carbons (Fsp3) is 0.155. The Morgan fingerprint density at radius 1 is 0.424 bits per heavy atom. The van der Waals surface area contributed by atoms with E-state index in [-0.39, 0.29) is 57.1 Å². The van der Waals surface area contributed by atoms with Gasteiger partial charge in [-0.1, -0.05) is 218 Å². The van der Waals surface area contributed by atoms with Gasteiger partial charge in [-0.3, -0.25) is 69.8 Å². The SMILES string of the molecule is COc1c(-c2ccc(C3=NCCN3)cc2)cccc1[N+](=O)[O-].COc1c(-c2ccc(C=O)cc2)cccc1[N+](=O)[O-].COc1c(Br)cccc1[N+](=O)[O-].COc1c(N)cccc1-c1ccc(C2=NCCN2)cc1.Cc1[nH]n(-c2ccc3c(c2)CCC3)c(=O)c1N=Nc1cccc(-c2ccc(C3=NCCN3)cc2)c1O.Nc1cccc(-c2ccc(C3=NCCN3)cc2)c1O.O=Cc1ccc(B(O)O)cc1. The van der Waals surface area contributed by atoms with Crippen molar-refractivity contribution in [3.05, 3.63) is 368 Å². The van der Waals surface area contributed by atoms with E-state index >= 15 is 0 Å². The van der Waals surface area contributed by atoms with Crippen LogP contribution in [0.4, 0.5) is 39.8 Å². The highest BCUT2D eigenvalue weighted by Crippen LogP contribution is 2.43. The summed E-state index contributed by atoms with van der Waals surface area (Å²) in [5.41, 5.74) is 30.6. The number of aldehydes is 2. The third kappa shape index (κ3) is 24.7. The number of aromatic nitrogens is 2. The van der Waals surface area contributed by atoms with Gasteiger partial charge in [0.15, 0.2) is 11.4 Å². The second kappa shape index (κ2) is 47.6. The molecule has 0 spiro atoms. The smallest absolute Gasteiger partial charge is 0.488 e. The first-order valence-corrected chi connectivity index (χ1v) is 44.5. The van der Waals surface area contributed by atoms with E-state index < -0.39 is 21.9 Å². The number of phenols is 2. The molecule has 0 fully saturated rings. The molecule has 1 aromatic heterocycles. The Morgan fingerprint density at radius 3 is 1.17 bits per heavy atom. The number of nitrogens with one attached hydrogen (secondary N) is 5. The highest BCUT2D eigenvalue weighted by atomic mass is 79.9. The maximum atomic E-state index is 13.1. The number of H-pyrrole nitrogens is 1. The molecule has 0 bridgehead atoms. The Kier molecular flexibility index (Phi) is 34.0. The molecule has 0 saturated heterocycles. The van der Waals surface area contributed by atoms with E-state index in [9.17, 15) is 54.9 Å². The fourth-order valence-electron chi connectivity index (χ4n) is 15.4. The second-order valence-corrected chi connectivity index (χ2v) is 32.0. The summed E-state index contributed by atoms with van der Waals surface area (Å²) in [6, 6.07) is 81.5. The van der Waals surface area contributed by atoms with Crippen molar-refractivity contribution < 1.29 is 63.6 Å². The number of amidine groups is 4. The van der Waals surface area contributed by atoms with Crippen molar-refractivity contribution in [3.8, 4) is 95.8 Å². The average Bonchev–Trinajstić information content (AvgIpc) is 1.75. The van der Waals surface area contributed by atoms with Crippen LogP contribution in [0.5, 0.6) is 34.5 Å². The number of phenolic OH excluding ortho intramolecular Hbond substituents is 2. The van der Waals surface area contributed by atoms with Gasteiger partial charge in [-0.15, -0.1) is 10.2 Å². The van der Waals surface area contributed by atoms with Crippen molar-refractivity contribution in [2.45, 2.75) is 26.2 Å². The molecule has 1 aliphatic carbocycles. The standard InChI is InChI=1S/C28H26N6O2.C16H15N3O3.C16H17N3O.C15H15N3O.C14H11NO4.C7H7BO3.C7H6BrNO3/c1-17-25(28(36)34(33-17)22-13-12-18-4-2-5-21(18)16-22)32-31-24-7-3-6-23(26(24)35)19-8-10-20(11-9-19)27-29-14-15-30-27;1-22-15-13(3-2-4-14(15)19(20)21)11-5-7-12(8-6-11)16-17-9-10-18-16;1-20-15-13(3-2-4-14(15)17)11-5-7-12(8-6-11)16-18-9-10-19-16;16-13-3-1-2-12(14(13)19)10-4-6-11(7-5-10)15-17-8-9-18-15;1-19-14-12(3-2-4-13(14)15(17)18)11-7-5-10(9-16)6-8-11;9-5-6-1-3-7(4-2-6)8(10)11;1-12-7-5(8)3-2-4-6(7)9(10)11/h3,6-13,16,33,35H,2,4-5,14-15H2,1H3,(H,29,30);2-8H,9-10H2,1H3,(H,17,18);2-8H,9-10,17H2,1H3,(H,18,19);1-7,19H,8-9,16H2,(H,17,18);2-9H,1H3;1-5,10-11H;2-4H,1H3. The number of aromatic amines is 1. The van der Waals surface area contributed by atoms with Crippen LogP contribution >= 0.6 is 15.9 Å². The predicted octanol–water partition coefficient (Wildman–Crippen LogP) is 16.6. The highest BCUT2D eigenvalue weighted by Gasteiger charge is 2.25. The number of carbonyl (C=O) groups is 2. The van der Waals surface area contributed by atoms with Crippen LogP contribution in [0.25, 0.3) is 61.3 Å². The molecule has 4 aliphatic heterocycles. The number of halogens is 1. The fourth-order valence-corrected chi connectivity index (χ4v) is 16.0. The number of aliphatic imine (C=N–C) groups is 4. The maximum absolute atomic E-state index is 13.1. The Labute approximate surface area is 807 Å². The van der Waals surface area contributed by atoms with E-state index in [4.69, 9.17) is 40.5 Å². The summed E-state index contributed by atoms with van der Waals surface area (Å²) in [4.78, 5) is 82.6. The minimum atomic E-state index is -1.46. The van der Waals surface area contributed by atoms with Crippen LogP contribution < -0.4 is 62.7 Å². The van der Waals surface area contributed by atoms with E-state index in [0.29, 0.717) is 66.8 Å². The lowest BCUT2D eigenvalue weighted by Gasteiger charge is -2.11. The van der Waals surface area contributed by atoms with Crippen LogP contribution in [-0.2, 0) is 12.8 Å². The number of carbonyl (C=O) groups excluding carboxylic acids is 2. The summed E-state index contributed by atoms with van der Waals surface area (Å²) in [7, 11) is 4.41. The van der Waals surface area contributed by atoms with Crippen LogP contribution in [0.1, 0.15) is 66.2 Å². The van der Waals surface area contributed by atoms with E-state index in [2.05, 4.69) is 109 Å². The van der Waals surface area contributed by atoms with Gasteiger partial charge in [0.05, 0.1) is 96.6 Å². The summed E-state index contributed by atoms with van der Waals surface area (Å²) in [6.07, 6.45) is 4.72. The van der Waals surface area contributed by atoms with Gasteiger partial charge in [-0.25, -0.2) is 4.68 Å². The number of rotatable bonds is 22. The number of ether oxygens (including phenoxy) is 4. The van der Waals surface area contributed by atoms with Gasteiger partial charge in [0.1, 0.15) is 53.1 Å². The Balaban J connectivity index is 0.000000141. The molecule has 13 aromatic carbocycles. The molecule has 36 heteroatoms. The number of fused-ring (bicyclic) bond motifs is 1. The zero-order valence-corrected chi connectivity index (χ0v) is 77.7. The number of aromatic hydroxyl groups is 2. The van der Waals surface area contributed by atoms with Gasteiger partial charge in [-0.05, 0) is 123 Å². The zero-order valence-electron chi connectivity index (χ0n) is 76.1. The molecule has 0 unspecified atom stereocenters. The molecule has 13 N–H and O–H groups in total. The lowest BCUT2D eigenvalue weighted by Crippen LogP contribution is -2.29. The molecule has 0 atom stereocenters. The number of nitrogen functional groups attached to an aromatic ring is 2. The Morgan fingerprint density at radius 2 is 0.777 bits per heavy atom. The normalized spacial score (nSPS) is 12.7. The van der Waals surface area contributed by atoms with Crippen LogP contribution in [0.15, 0.2) is 312 Å². The van der Waals surface area contributed by atoms with Crippen LogP contribution in [0.3, 0.4) is 0 Å². The lowest BCUT2D eigenvalue weighted by molar-refractivity contribution is -0.385. The number of nitro groups is 3. The molecule has 19 rings (SSSR count). The number of nitro benzene ring substituents is 3. The molecule has 706 valence electrons. The number of nitrogens with two attached hydrogens (primary N) is 2. The van der Waals surface area contributed by atoms with Crippen molar-refractivity contribution in [1.82, 2.24) is 31.0 Å². The Bertz CT molecular complexity index is 7000. The summed E-state index contributed by atoms with van der Waals surface area (Å²) in [5, 5.41) is 95.2. The topological polar surface area (TPSA) is 494 Å². The van der Waals surface area contributed by atoms with Crippen molar-refractivity contribution in [1.29, 1.82) is 0 Å². The molecule has 0 radical (unpaired) electrons. The molecular formula is C103H97BBrN17O17. The number of aryl methyl sites for hydroxylation is 3. The first-order chi connectivity index (χ1) is 67.4. The minimum Gasteiger partial charge on any atom is -0.505 e. The van der Waals surface area contributed by atoms with E-state index in [1.165, 1.54) is 79.6 Å². The zero-order chi connectivity index (χ0) is 98.6. The molecule has 5 aliphatic rings. The number of benzene rings is 13. The van der Waals surface area contributed by atoms with Crippen molar-refractivity contribution in [2.24, 2.45) is 30.2 Å². The van der Waals surface area contributed by atoms with Crippen molar-refractivity contribution >= 4 is 104 Å². The maximum Gasteiger partial charge on any atom is 0.488 e. The number of nitrogens with zero attached hydrogens (tertiary/aromatic N) is 10. The first kappa shape index (κ1) is 99.2. The lowest BCUT2D eigenvalue weighted by atomic mass is 9.80. The number of methoxy groups -OCH3 is 4. The summed E-state index contributed by atoms with van der Waals surface area (Å²) in [5.74, 6) is 5.28. The molecule has 0 amide bonds. The van der Waals surface area contributed by atoms with Crippen molar-refractivity contribution in [3.63, 3.8) is 0 Å². The molecular weight excluding hydrogens is 1840 g/mol. The van der Waals surface area contributed by atoms with Crippen molar-refractivity contribution in [2.75, 3.05) is 92.3 Å². The molecule has 5 heterocycles. The van der Waals surface area contributed by atoms with E-state index in [0.717, 1.165) is 174 Å². The summed E-state index contributed by atoms with van der Waals surface area (Å²) >= 11 is 3.15. The Hall–Kier alpha value is -17.2. The van der Waals surface area contributed by atoms with Gasteiger partial charge in [-0.2, -0.15) is 0 Å². The number of hydrogen-bond acceptors (Lipinski definition) is 29. The number of para-hydroxylation sites is 6. The molecule has 0 saturated carbocycles. The first-order valence-electron chi connectivity index (χ1n) is 43.7. The summed E-state index contributed by atoms with van der Waals surface area (Å²) < 4.78 is 22.7. The second-order valence-electron chi connectivity index (χ2n) is 31.2. The molecule has 34 nitrogen and oxygen atoms in total. The largest absolute Gasteiger partial charge is 0.505 e. The quantitative estimate of drug-likeness (QED) is 0.00571. The van der Waals surface area contributed by atoms with Gasteiger partial charge < -0.3 is 71.9 Å². The van der Waals surface area contributed by atoms with Gasteiger partial charge in [0.2, 0.25) is 17.2 Å². The van der Waals surface area contributed by atoms with E-state index in [1.807, 2.05) is 127 Å². The summed E-state index contributed by atoms with van der Waals surface area (Å²) in [6.45, 7) is 8.56. The highest BCUT2D eigenvalue weighted by molar-refractivity contribution is 9.10. The predicted molar refractivity (Wildman–Crippen MR) is 544 cm³/mol. The third-order valence-corrected chi connectivity index (χ3v) is 23.0.